The van der Waals surface area contributed by atoms with Gasteiger partial charge in [0, 0.05) is 0 Å². The zero-order valence-electron chi connectivity index (χ0n) is 9.90. The van der Waals surface area contributed by atoms with Crippen molar-refractivity contribution < 1.29 is 13.9 Å². The maximum absolute atomic E-state index is 10.3. The number of ether oxygens (including phenoxy) is 1. The molecule has 8 heteroatoms. The molecule has 1 amide bonds. The number of nitrogens with one attached hydrogen (secondary N) is 2. The van der Waals surface area contributed by atoms with Crippen molar-refractivity contribution in [3.05, 3.63) is 5.89 Å². The molecule has 0 bridgehead atoms. The molecule has 1 rings (SSSR count). The summed E-state index contributed by atoms with van der Waals surface area (Å²) in [7, 11) is 0. The summed E-state index contributed by atoms with van der Waals surface area (Å²) in [4.78, 5) is 10.3. The molecule has 1 unspecified atom stereocenters. The van der Waals surface area contributed by atoms with Crippen molar-refractivity contribution in [3.63, 3.8) is 0 Å². The second-order valence-corrected chi connectivity index (χ2v) is 3.32. The van der Waals surface area contributed by atoms with Gasteiger partial charge in [-0.3, -0.25) is 0 Å². The Morgan fingerprint density at radius 3 is 3.00 bits per heavy atom. The van der Waals surface area contributed by atoms with E-state index in [1.807, 2.05) is 13.8 Å². The molecule has 1 aromatic rings. The van der Waals surface area contributed by atoms with Crippen molar-refractivity contribution in [2.75, 3.05) is 25.0 Å². The minimum absolute atomic E-state index is 0.00456. The lowest BCUT2D eigenvalue weighted by molar-refractivity contribution is 0.161. The van der Waals surface area contributed by atoms with E-state index in [0.29, 0.717) is 12.4 Å². The number of carbonyl (C=O) groups excluding carboxylic acids is 1. The van der Waals surface area contributed by atoms with Gasteiger partial charge >= 0.3 is 12.1 Å². The number of anilines is 1. The Kier molecular flexibility index (Phi) is 5.21. The number of nitrogens with zero attached hydrogens (tertiary/aromatic N) is 2. The smallest absolute Gasteiger partial charge is 0.404 e. The fourth-order valence-electron chi connectivity index (χ4n) is 1.18. The molecular formula is C9H17N5O3. The number of aromatic nitrogens is 2. The Hall–Kier alpha value is -1.83. The van der Waals surface area contributed by atoms with Gasteiger partial charge in [0.15, 0.2) is 0 Å². The molecule has 0 saturated carbocycles. The molecule has 1 heterocycles. The quantitative estimate of drug-likeness (QED) is 0.588. The van der Waals surface area contributed by atoms with Gasteiger partial charge in [0.2, 0.25) is 5.89 Å². The standard InChI is InChI=1S/C9H17N5O3/c1-3-11-6(2)7-13-14-9(17-7)12-4-5-16-8(10)15/h6,11H,3-5H2,1-2H3,(H2,10,15)(H,12,14). The first-order valence-corrected chi connectivity index (χ1v) is 5.36. The van der Waals surface area contributed by atoms with Crippen LogP contribution in [-0.4, -0.2) is 36.0 Å². The normalized spacial score (nSPS) is 12.1. The Morgan fingerprint density at radius 2 is 2.35 bits per heavy atom. The van der Waals surface area contributed by atoms with Crippen LogP contribution in [-0.2, 0) is 4.74 Å². The lowest BCUT2D eigenvalue weighted by atomic mass is 10.3. The van der Waals surface area contributed by atoms with Gasteiger partial charge in [-0.25, -0.2) is 4.79 Å². The second-order valence-electron chi connectivity index (χ2n) is 3.32. The van der Waals surface area contributed by atoms with E-state index in [1.165, 1.54) is 0 Å². The Balaban J connectivity index is 2.32. The van der Waals surface area contributed by atoms with E-state index in [4.69, 9.17) is 10.2 Å². The fraction of sp³-hybridized carbons (Fsp3) is 0.667. The van der Waals surface area contributed by atoms with Crippen molar-refractivity contribution in [3.8, 4) is 0 Å². The van der Waals surface area contributed by atoms with E-state index in [9.17, 15) is 4.79 Å². The third-order valence-corrected chi connectivity index (χ3v) is 1.94. The van der Waals surface area contributed by atoms with Crippen LogP contribution in [0.3, 0.4) is 0 Å². The van der Waals surface area contributed by atoms with Crippen LogP contribution in [0.25, 0.3) is 0 Å². The Bertz CT molecular complexity index is 354. The predicted octanol–water partition coefficient (Wildman–Crippen LogP) is 0.247. The van der Waals surface area contributed by atoms with Gasteiger partial charge < -0.3 is 25.5 Å². The van der Waals surface area contributed by atoms with Gasteiger partial charge in [-0.2, -0.15) is 0 Å². The van der Waals surface area contributed by atoms with Gasteiger partial charge in [-0.05, 0) is 13.5 Å². The van der Waals surface area contributed by atoms with Crippen molar-refractivity contribution >= 4 is 12.1 Å². The topological polar surface area (TPSA) is 115 Å². The highest BCUT2D eigenvalue weighted by atomic mass is 16.5. The first-order valence-electron chi connectivity index (χ1n) is 5.36. The van der Waals surface area contributed by atoms with E-state index in [1.54, 1.807) is 0 Å². The van der Waals surface area contributed by atoms with Crippen LogP contribution >= 0.6 is 0 Å². The SMILES string of the molecule is CCNC(C)c1nnc(NCCOC(N)=O)o1. The lowest BCUT2D eigenvalue weighted by Gasteiger charge is -2.05. The van der Waals surface area contributed by atoms with Crippen LogP contribution in [0.2, 0.25) is 0 Å². The third-order valence-electron chi connectivity index (χ3n) is 1.94. The van der Waals surface area contributed by atoms with E-state index in [0.717, 1.165) is 6.54 Å². The number of rotatable bonds is 7. The molecule has 17 heavy (non-hydrogen) atoms. The number of nitrogens with two attached hydrogens (primary N) is 1. The van der Waals surface area contributed by atoms with E-state index < -0.39 is 6.09 Å². The number of carbonyl (C=O) groups is 1. The predicted molar refractivity (Wildman–Crippen MR) is 60.4 cm³/mol. The van der Waals surface area contributed by atoms with E-state index in [2.05, 4.69) is 25.6 Å². The summed E-state index contributed by atoms with van der Waals surface area (Å²) in [5, 5.41) is 13.6. The molecule has 1 atom stereocenters. The van der Waals surface area contributed by atoms with Crippen molar-refractivity contribution in [2.45, 2.75) is 19.9 Å². The molecule has 4 N–H and O–H groups in total. The van der Waals surface area contributed by atoms with Crippen LogP contribution in [0.5, 0.6) is 0 Å². The number of hydrogen-bond donors (Lipinski definition) is 3. The highest BCUT2D eigenvalue weighted by Gasteiger charge is 2.12. The minimum atomic E-state index is -0.807. The van der Waals surface area contributed by atoms with Crippen molar-refractivity contribution in [1.29, 1.82) is 0 Å². The summed E-state index contributed by atoms with van der Waals surface area (Å²) in [5.74, 6) is 0.505. The highest BCUT2D eigenvalue weighted by Crippen LogP contribution is 2.12. The zero-order valence-corrected chi connectivity index (χ0v) is 9.90. The summed E-state index contributed by atoms with van der Waals surface area (Å²) >= 11 is 0. The van der Waals surface area contributed by atoms with Crippen LogP contribution in [0.4, 0.5) is 10.8 Å². The molecule has 1 aromatic heterocycles. The molecule has 0 aliphatic carbocycles. The molecular weight excluding hydrogens is 226 g/mol. The Morgan fingerprint density at radius 1 is 1.59 bits per heavy atom. The number of amides is 1. The molecule has 0 saturated heterocycles. The molecule has 0 spiro atoms. The molecule has 0 aliphatic rings. The monoisotopic (exact) mass is 243 g/mol. The molecule has 0 aromatic carbocycles. The molecule has 0 radical (unpaired) electrons. The summed E-state index contributed by atoms with van der Waals surface area (Å²) < 4.78 is 9.87. The molecule has 96 valence electrons. The maximum Gasteiger partial charge on any atom is 0.404 e. The van der Waals surface area contributed by atoms with E-state index in [-0.39, 0.29) is 18.7 Å². The van der Waals surface area contributed by atoms with Gasteiger partial charge in [-0.1, -0.05) is 12.0 Å². The first kappa shape index (κ1) is 13.2. The van der Waals surface area contributed by atoms with Gasteiger partial charge in [0.05, 0.1) is 12.6 Å². The zero-order chi connectivity index (χ0) is 12.7. The molecule has 0 fully saturated rings. The molecule has 0 aliphatic heterocycles. The number of hydrogen-bond acceptors (Lipinski definition) is 7. The first-order chi connectivity index (χ1) is 8.13. The second kappa shape index (κ2) is 6.69. The average molecular weight is 243 g/mol. The fourth-order valence-corrected chi connectivity index (χ4v) is 1.18. The molecule has 8 nitrogen and oxygen atoms in total. The Labute approximate surface area is 98.9 Å². The lowest BCUT2D eigenvalue weighted by Crippen LogP contribution is -2.18. The van der Waals surface area contributed by atoms with Gasteiger partial charge in [0.1, 0.15) is 6.61 Å². The summed E-state index contributed by atoms with van der Waals surface area (Å²) in [5.41, 5.74) is 4.80. The van der Waals surface area contributed by atoms with Gasteiger partial charge in [-0.15, -0.1) is 5.10 Å². The average Bonchev–Trinajstić information content (AvgIpc) is 2.73. The van der Waals surface area contributed by atoms with Gasteiger partial charge in [0.25, 0.3) is 0 Å². The van der Waals surface area contributed by atoms with Crippen molar-refractivity contribution in [2.24, 2.45) is 5.73 Å². The minimum Gasteiger partial charge on any atom is -0.448 e. The largest absolute Gasteiger partial charge is 0.448 e. The third kappa shape index (κ3) is 4.68. The van der Waals surface area contributed by atoms with Crippen LogP contribution < -0.4 is 16.4 Å². The van der Waals surface area contributed by atoms with Crippen LogP contribution in [0.15, 0.2) is 4.42 Å². The maximum atomic E-state index is 10.3. The van der Waals surface area contributed by atoms with Crippen LogP contribution in [0, 0.1) is 0 Å². The highest BCUT2D eigenvalue weighted by molar-refractivity contribution is 5.64. The summed E-state index contributed by atoms with van der Waals surface area (Å²) in [6.45, 7) is 5.25. The van der Waals surface area contributed by atoms with E-state index >= 15 is 0 Å². The summed E-state index contributed by atoms with van der Waals surface area (Å²) in [6, 6.07) is 0.294. The van der Waals surface area contributed by atoms with Crippen LogP contribution in [0.1, 0.15) is 25.8 Å². The number of primary amides is 1. The van der Waals surface area contributed by atoms with Crippen molar-refractivity contribution in [1.82, 2.24) is 15.5 Å². The summed E-state index contributed by atoms with van der Waals surface area (Å²) in [6.07, 6.45) is -0.807.